The summed E-state index contributed by atoms with van der Waals surface area (Å²) in [6.45, 7) is 1.54. The molecule has 156 valence electrons. The van der Waals surface area contributed by atoms with Crippen LogP contribution in [0.3, 0.4) is 0 Å². The van der Waals surface area contributed by atoms with Crippen LogP contribution in [0.2, 0.25) is 0 Å². The van der Waals surface area contributed by atoms with Crippen LogP contribution in [0.25, 0.3) is 5.69 Å². The third-order valence-electron chi connectivity index (χ3n) is 4.04. The first-order chi connectivity index (χ1) is 14.3. The Hall–Kier alpha value is -3.62. The predicted molar refractivity (Wildman–Crippen MR) is 102 cm³/mol. The molecule has 0 saturated carbocycles. The summed E-state index contributed by atoms with van der Waals surface area (Å²) in [6, 6.07) is 13.9. The fourth-order valence-corrected chi connectivity index (χ4v) is 2.60. The number of nitrogens with zero attached hydrogens (tertiary/aromatic N) is 2. The minimum Gasteiger partial charge on any atom is -0.486 e. The number of hydrogen-bond donors (Lipinski definition) is 0. The molecule has 30 heavy (non-hydrogen) atoms. The molecular formula is C21H17F3N2O4. The Morgan fingerprint density at radius 2 is 1.73 bits per heavy atom. The number of carbonyl (C=O) groups excluding carboxylic acids is 1. The quantitative estimate of drug-likeness (QED) is 0.566. The summed E-state index contributed by atoms with van der Waals surface area (Å²) in [4.78, 5) is 24.8. The third-order valence-corrected chi connectivity index (χ3v) is 4.04. The predicted octanol–water partition coefficient (Wildman–Crippen LogP) is 4.01. The smallest absolute Gasteiger partial charge is 0.416 e. The van der Waals surface area contributed by atoms with Gasteiger partial charge in [-0.25, -0.2) is 4.79 Å². The summed E-state index contributed by atoms with van der Waals surface area (Å²) in [6.07, 6.45) is -4.44. The lowest BCUT2D eigenvalue weighted by Gasteiger charge is -2.13. The SMILES string of the molecule is CCOC(=O)c1nn(-c2ccccc2)c(=O)cc1OCc1ccc(C(F)(F)F)cc1. The lowest BCUT2D eigenvalue weighted by molar-refractivity contribution is -0.137. The summed E-state index contributed by atoms with van der Waals surface area (Å²) in [7, 11) is 0. The highest BCUT2D eigenvalue weighted by Gasteiger charge is 2.30. The molecule has 3 rings (SSSR count). The van der Waals surface area contributed by atoms with E-state index in [9.17, 15) is 22.8 Å². The van der Waals surface area contributed by atoms with Crippen LogP contribution in [0, 0.1) is 0 Å². The average Bonchev–Trinajstić information content (AvgIpc) is 2.72. The van der Waals surface area contributed by atoms with Crippen molar-refractivity contribution in [3.63, 3.8) is 0 Å². The van der Waals surface area contributed by atoms with Gasteiger partial charge in [0, 0.05) is 0 Å². The summed E-state index contributed by atoms with van der Waals surface area (Å²) in [5.74, 6) is -0.907. The first-order valence-electron chi connectivity index (χ1n) is 8.95. The van der Waals surface area contributed by atoms with Gasteiger partial charge in [0.2, 0.25) is 5.69 Å². The largest absolute Gasteiger partial charge is 0.486 e. The maximum atomic E-state index is 12.7. The molecule has 0 radical (unpaired) electrons. The number of esters is 1. The van der Waals surface area contributed by atoms with Gasteiger partial charge in [-0.15, -0.1) is 0 Å². The van der Waals surface area contributed by atoms with Gasteiger partial charge in [-0.05, 0) is 36.8 Å². The van der Waals surface area contributed by atoms with Gasteiger partial charge in [-0.2, -0.15) is 23.0 Å². The number of benzene rings is 2. The van der Waals surface area contributed by atoms with Gasteiger partial charge in [0.05, 0.1) is 23.9 Å². The van der Waals surface area contributed by atoms with Crippen molar-refractivity contribution in [2.75, 3.05) is 6.61 Å². The molecule has 0 amide bonds. The number of alkyl halides is 3. The van der Waals surface area contributed by atoms with E-state index >= 15 is 0 Å². The topological polar surface area (TPSA) is 70.4 Å². The fraction of sp³-hybridized carbons (Fsp3) is 0.190. The van der Waals surface area contributed by atoms with E-state index in [4.69, 9.17) is 9.47 Å². The van der Waals surface area contributed by atoms with Crippen molar-refractivity contribution in [1.82, 2.24) is 9.78 Å². The lowest BCUT2D eigenvalue weighted by atomic mass is 10.1. The number of para-hydroxylation sites is 1. The van der Waals surface area contributed by atoms with Crippen molar-refractivity contribution < 1.29 is 27.4 Å². The van der Waals surface area contributed by atoms with Crippen molar-refractivity contribution in [2.45, 2.75) is 19.7 Å². The Kier molecular flexibility index (Phi) is 6.20. The standard InChI is InChI=1S/C21H17F3N2O4/c1-2-29-20(28)19-17(12-18(27)26(25-19)16-6-4-3-5-7-16)30-13-14-8-10-15(11-9-14)21(22,23)24/h3-12H,2,13H2,1H3. The highest BCUT2D eigenvalue weighted by molar-refractivity contribution is 5.90. The zero-order chi connectivity index (χ0) is 21.7. The molecule has 0 fully saturated rings. The Morgan fingerprint density at radius 1 is 1.07 bits per heavy atom. The van der Waals surface area contributed by atoms with E-state index in [1.165, 1.54) is 12.1 Å². The van der Waals surface area contributed by atoms with Crippen molar-refractivity contribution in [1.29, 1.82) is 0 Å². The first kappa shape index (κ1) is 21.1. The summed E-state index contributed by atoms with van der Waals surface area (Å²) >= 11 is 0. The van der Waals surface area contributed by atoms with Crippen molar-refractivity contribution in [3.05, 3.63) is 87.8 Å². The number of rotatable bonds is 6. The molecule has 0 spiro atoms. The van der Waals surface area contributed by atoms with Crippen LogP contribution < -0.4 is 10.3 Å². The molecule has 0 aliphatic heterocycles. The molecule has 0 unspecified atom stereocenters. The molecule has 0 aliphatic rings. The molecule has 1 heterocycles. The molecule has 0 bridgehead atoms. The van der Waals surface area contributed by atoms with Crippen LogP contribution in [0.4, 0.5) is 13.2 Å². The number of hydrogen-bond acceptors (Lipinski definition) is 5. The zero-order valence-corrected chi connectivity index (χ0v) is 15.8. The van der Waals surface area contributed by atoms with Crippen LogP contribution in [0.5, 0.6) is 5.75 Å². The van der Waals surface area contributed by atoms with Gasteiger partial charge in [-0.3, -0.25) is 4.79 Å². The van der Waals surface area contributed by atoms with Crippen LogP contribution in [0.1, 0.15) is 28.5 Å². The second-order valence-corrected chi connectivity index (χ2v) is 6.15. The van der Waals surface area contributed by atoms with E-state index in [-0.39, 0.29) is 24.7 Å². The molecule has 0 N–H and O–H groups in total. The first-order valence-corrected chi connectivity index (χ1v) is 8.95. The lowest BCUT2D eigenvalue weighted by Crippen LogP contribution is -2.25. The molecule has 9 heteroatoms. The van der Waals surface area contributed by atoms with Crippen molar-refractivity contribution in [2.24, 2.45) is 0 Å². The summed E-state index contributed by atoms with van der Waals surface area (Å²) < 4.78 is 49.6. The van der Waals surface area contributed by atoms with Gasteiger partial charge in [0.15, 0.2) is 5.75 Å². The summed E-state index contributed by atoms with van der Waals surface area (Å²) in [5.41, 5.74) is -0.679. The molecule has 0 atom stereocenters. The minimum atomic E-state index is -4.44. The van der Waals surface area contributed by atoms with Gasteiger partial charge in [0.1, 0.15) is 6.61 Å². The van der Waals surface area contributed by atoms with E-state index in [0.717, 1.165) is 22.9 Å². The zero-order valence-electron chi connectivity index (χ0n) is 15.8. The van der Waals surface area contributed by atoms with E-state index < -0.39 is 23.3 Å². The Labute approximate surface area is 169 Å². The normalized spacial score (nSPS) is 11.2. The van der Waals surface area contributed by atoms with Gasteiger partial charge < -0.3 is 9.47 Å². The maximum Gasteiger partial charge on any atom is 0.416 e. The van der Waals surface area contributed by atoms with Gasteiger partial charge in [0.25, 0.3) is 5.56 Å². The number of ether oxygens (including phenoxy) is 2. The molecule has 3 aromatic rings. The highest BCUT2D eigenvalue weighted by atomic mass is 19.4. The maximum absolute atomic E-state index is 12.7. The second kappa shape index (κ2) is 8.81. The molecular weight excluding hydrogens is 401 g/mol. The number of carbonyl (C=O) groups is 1. The summed E-state index contributed by atoms with van der Waals surface area (Å²) in [5, 5.41) is 4.08. The Bertz CT molecular complexity index is 1080. The van der Waals surface area contributed by atoms with E-state index in [0.29, 0.717) is 11.3 Å². The molecule has 0 saturated heterocycles. The monoisotopic (exact) mass is 418 g/mol. The van der Waals surface area contributed by atoms with Crippen LogP contribution in [-0.2, 0) is 17.5 Å². The van der Waals surface area contributed by atoms with Crippen molar-refractivity contribution in [3.8, 4) is 11.4 Å². The Balaban J connectivity index is 1.90. The Morgan fingerprint density at radius 3 is 2.33 bits per heavy atom. The van der Waals surface area contributed by atoms with Crippen LogP contribution >= 0.6 is 0 Å². The minimum absolute atomic E-state index is 0.0866. The second-order valence-electron chi connectivity index (χ2n) is 6.15. The fourth-order valence-electron chi connectivity index (χ4n) is 2.60. The molecule has 6 nitrogen and oxygen atoms in total. The van der Waals surface area contributed by atoms with E-state index in [1.54, 1.807) is 37.3 Å². The van der Waals surface area contributed by atoms with Crippen LogP contribution in [0.15, 0.2) is 65.5 Å². The van der Waals surface area contributed by atoms with Gasteiger partial charge >= 0.3 is 12.1 Å². The molecule has 1 aromatic heterocycles. The number of halogens is 3. The van der Waals surface area contributed by atoms with Crippen molar-refractivity contribution >= 4 is 5.97 Å². The van der Waals surface area contributed by atoms with E-state index in [2.05, 4.69) is 5.10 Å². The highest BCUT2D eigenvalue weighted by Crippen LogP contribution is 2.29. The van der Waals surface area contributed by atoms with E-state index in [1.807, 2.05) is 0 Å². The average molecular weight is 418 g/mol. The van der Waals surface area contributed by atoms with Gasteiger partial charge in [-0.1, -0.05) is 30.3 Å². The van der Waals surface area contributed by atoms with Crippen LogP contribution in [-0.4, -0.2) is 22.4 Å². The third kappa shape index (κ3) is 4.86. The number of aromatic nitrogens is 2. The molecule has 2 aromatic carbocycles. The molecule has 0 aliphatic carbocycles.